The fraction of sp³-hybridized carbons (Fsp3) is 0.458. The topological polar surface area (TPSA) is 32.8 Å². The number of benzene rings is 2. The molecular weight excluding hydrogens is 380 g/mol. The van der Waals surface area contributed by atoms with Crippen LogP contribution in [-0.2, 0) is 4.79 Å². The summed E-state index contributed by atoms with van der Waals surface area (Å²) in [6.45, 7) is 2.41. The van der Waals surface area contributed by atoms with Gasteiger partial charge in [0.2, 0.25) is 5.91 Å². The van der Waals surface area contributed by atoms with Crippen LogP contribution in [0.1, 0.15) is 38.5 Å². The summed E-state index contributed by atoms with van der Waals surface area (Å²) in [5.41, 5.74) is 1.95. The highest BCUT2D eigenvalue weighted by Crippen LogP contribution is 2.49. The van der Waals surface area contributed by atoms with E-state index in [1.54, 1.807) is 18.9 Å². The predicted molar refractivity (Wildman–Crippen MR) is 117 cm³/mol. The summed E-state index contributed by atoms with van der Waals surface area (Å²) < 4.78 is 5.46. The molecule has 0 unspecified atom stereocenters. The molecule has 0 saturated carbocycles. The fourth-order valence-electron chi connectivity index (χ4n) is 5.26. The number of carbonyl (C=O) groups is 1. The van der Waals surface area contributed by atoms with Crippen LogP contribution < -0.4 is 9.64 Å². The third-order valence-electron chi connectivity index (χ3n) is 6.65. The Morgan fingerprint density at radius 3 is 2.76 bits per heavy atom. The summed E-state index contributed by atoms with van der Waals surface area (Å²) >= 11 is 1.73. The summed E-state index contributed by atoms with van der Waals surface area (Å²) in [5, 5.41) is 0. The molecule has 3 heterocycles. The van der Waals surface area contributed by atoms with Crippen LogP contribution in [0.4, 0.5) is 11.4 Å². The van der Waals surface area contributed by atoms with Crippen molar-refractivity contribution in [2.45, 2.75) is 54.4 Å². The molecule has 0 bridgehead atoms. The zero-order valence-corrected chi connectivity index (χ0v) is 17.8. The normalized spacial score (nSPS) is 23.7. The minimum atomic E-state index is 0.213. The fourth-order valence-corrected chi connectivity index (χ4v) is 6.30. The first-order chi connectivity index (χ1) is 14.2. The van der Waals surface area contributed by atoms with Gasteiger partial charge in [0.25, 0.3) is 0 Å². The summed E-state index contributed by atoms with van der Waals surface area (Å²) in [4.78, 5) is 20.6. The number of para-hydroxylation sites is 1. The molecule has 4 nitrogen and oxygen atoms in total. The Kier molecular flexibility index (Phi) is 5.27. The maximum Gasteiger partial charge on any atom is 0.231 e. The van der Waals surface area contributed by atoms with Crippen LogP contribution >= 0.6 is 11.8 Å². The van der Waals surface area contributed by atoms with Gasteiger partial charge in [-0.3, -0.25) is 9.69 Å². The van der Waals surface area contributed by atoms with E-state index in [-0.39, 0.29) is 5.91 Å². The minimum Gasteiger partial charge on any atom is -0.497 e. The molecule has 3 aliphatic rings. The Balaban J connectivity index is 1.47. The summed E-state index contributed by atoms with van der Waals surface area (Å²) in [6.07, 6.45) is 6.86. The average molecular weight is 409 g/mol. The van der Waals surface area contributed by atoms with Crippen LogP contribution in [0.3, 0.4) is 0 Å². The molecule has 0 N–H and O–H groups in total. The van der Waals surface area contributed by atoms with Gasteiger partial charge in [-0.15, -0.1) is 0 Å². The molecule has 0 spiro atoms. The number of rotatable bonds is 3. The monoisotopic (exact) mass is 408 g/mol. The molecule has 0 aromatic heterocycles. The zero-order valence-electron chi connectivity index (χ0n) is 17.0. The smallest absolute Gasteiger partial charge is 0.231 e. The van der Waals surface area contributed by atoms with E-state index >= 15 is 0 Å². The Morgan fingerprint density at radius 2 is 1.86 bits per heavy atom. The Bertz CT molecular complexity index is 914. The number of amides is 1. The summed E-state index contributed by atoms with van der Waals surface area (Å²) in [6, 6.07) is 14.9. The predicted octanol–water partition coefficient (Wildman–Crippen LogP) is 5.48. The summed E-state index contributed by atoms with van der Waals surface area (Å²) in [5.74, 6) is 1.47. The van der Waals surface area contributed by atoms with Crippen molar-refractivity contribution >= 4 is 29.0 Å². The van der Waals surface area contributed by atoms with Crippen LogP contribution in [0.15, 0.2) is 52.3 Å². The van der Waals surface area contributed by atoms with Gasteiger partial charge in [0, 0.05) is 28.3 Å². The van der Waals surface area contributed by atoms with Crippen molar-refractivity contribution in [2.24, 2.45) is 5.92 Å². The van der Waals surface area contributed by atoms with Gasteiger partial charge in [0.05, 0.1) is 18.5 Å². The standard InChI is InChI=1S/C24H28N2O2S/c1-28-18-11-12-23-21(16-18)26(20-9-2-3-10-22(20)29-23)24(27)15-17-7-6-14-25-13-5-4-8-19(17)25/h2-3,9-12,16-17,19H,4-8,13-15H2,1H3/t17-,19+/m0/s1. The molecular formula is C24H28N2O2S. The number of piperidine rings is 2. The van der Waals surface area contributed by atoms with E-state index in [9.17, 15) is 4.79 Å². The first kappa shape index (κ1) is 19.0. The second-order valence-electron chi connectivity index (χ2n) is 8.34. The summed E-state index contributed by atoms with van der Waals surface area (Å²) in [7, 11) is 1.68. The van der Waals surface area contributed by atoms with Gasteiger partial charge in [0.1, 0.15) is 5.75 Å². The van der Waals surface area contributed by atoms with Gasteiger partial charge in [-0.25, -0.2) is 0 Å². The molecule has 2 saturated heterocycles. The van der Waals surface area contributed by atoms with Gasteiger partial charge in [-0.1, -0.05) is 30.3 Å². The van der Waals surface area contributed by atoms with Crippen molar-refractivity contribution in [1.82, 2.24) is 4.90 Å². The van der Waals surface area contributed by atoms with Crippen molar-refractivity contribution in [3.05, 3.63) is 42.5 Å². The number of ether oxygens (including phenoxy) is 1. The van der Waals surface area contributed by atoms with Crippen molar-refractivity contribution in [3.63, 3.8) is 0 Å². The van der Waals surface area contributed by atoms with Crippen LogP contribution in [0, 0.1) is 5.92 Å². The molecule has 3 aliphatic heterocycles. The molecule has 2 aromatic rings. The lowest BCUT2D eigenvalue weighted by molar-refractivity contribution is -0.120. The largest absolute Gasteiger partial charge is 0.497 e. The van der Waals surface area contributed by atoms with Gasteiger partial charge < -0.3 is 9.64 Å². The molecule has 5 rings (SSSR count). The van der Waals surface area contributed by atoms with Crippen LogP contribution in [0.25, 0.3) is 0 Å². The highest BCUT2D eigenvalue weighted by molar-refractivity contribution is 7.99. The van der Waals surface area contributed by atoms with E-state index < -0.39 is 0 Å². The van der Waals surface area contributed by atoms with Crippen LogP contribution in [0.5, 0.6) is 5.75 Å². The second kappa shape index (κ2) is 8.04. The van der Waals surface area contributed by atoms with E-state index in [0.29, 0.717) is 18.4 Å². The average Bonchev–Trinajstić information content (AvgIpc) is 2.77. The molecule has 2 aromatic carbocycles. The van der Waals surface area contributed by atoms with E-state index in [0.717, 1.165) is 26.9 Å². The van der Waals surface area contributed by atoms with Crippen LogP contribution in [0.2, 0.25) is 0 Å². The van der Waals surface area contributed by atoms with Gasteiger partial charge in [-0.05, 0) is 69.0 Å². The van der Waals surface area contributed by atoms with Crippen LogP contribution in [-0.4, -0.2) is 37.0 Å². The van der Waals surface area contributed by atoms with Gasteiger partial charge in [-0.2, -0.15) is 0 Å². The molecule has 0 aliphatic carbocycles. The first-order valence-corrected chi connectivity index (χ1v) is 11.6. The number of nitrogens with zero attached hydrogens (tertiary/aromatic N) is 2. The molecule has 0 radical (unpaired) electrons. The Labute approximate surface area is 177 Å². The number of hydrogen-bond donors (Lipinski definition) is 0. The SMILES string of the molecule is COc1ccc2c(c1)N(C(=O)C[C@@H]1CCCN3CCCC[C@H]13)c1ccccc1S2. The third-order valence-corrected chi connectivity index (χ3v) is 7.78. The lowest BCUT2D eigenvalue weighted by atomic mass is 9.81. The quantitative estimate of drug-likeness (QED) is 0.673. The van der Waals surface area contributed by atoms with Crippen molar-refractivity contribution in [2.75, 3.05) is 25.1 Å². The molecule has 29 heavy (non-hydrogen) atoms. The molecule has 152 valence electrons. The molecule has 5 heteroatoms. The number of hydrogen-bond acceptors (Lipinski definition) is 4. The van der Waals surface area contributed by atoms with E-state index in [1.165, 1.54) is 45.2 Å². The number of anilines is 2. The van der Waals surface area contributed by atoms with E-state index in [1.807, 2.05) is 29.2 Å². The molecule has 2 atom stereocenters. The van der Waals surface area contributed by atoms with Crippen molar-refractivity contribution < 1.29 is 9.53 Å². The maximum absolute atomic E-state index is 13.7. The highest BCUT2D eigenvalue weighted by Gasteiger charge is 2.36. The van der Waals surface area contributed by atoms with Gasteiger partial charge >= 0.3 is 0 Å². The Hall–Kier alpha value is -1.98. The molecule has 1 amide bonds. The number of methoxy groups -OCH3 is 1. The van der Waals surface area contributed by atoms with Gasteiger partial charge in [0.15, 0.2) is 0 Å². The minimum absolute atomic E-state index is 0.213. The third kappa shape index (κ3) is 3.55. The van der Waals surface area contributed by atoms with E-state index in [2.05, 4.69) is 23.1 Å². The maximum atomic E-state index is 13.7. The number of carbonyl (C=O) groups excluding carboxylic acids is 1. The van der Waals surface area contributed by atoms with Crippen molar-refractivity contribution in [3.8, 4) is 5.75 Å². The Morgan fingerprint density at radius 1 is 1.03 bits per heavy atom. The molecule has 2 fully saturated rings. The van der Waals surface area contributed by atoms with E-state index in [4.69, 9.17) is 4.74 Å². The van der Waals surface area contributed by atoms with Crippen molar-refractivity contribution in [1.29, 1.82) is 0 Å². The lowest BCUT2D eigenvalue weighted by Gasteiger charge is -2.44. The highest BCUT2D eigenvalue weighted by atomic mass is 32.2. The first-order valence-electron chi connectivity index (χ1n) is 10.8. The second-order valence-corrected chi connectivity index (χ2v) is 9.42. The lowest BCUT2D eigenvalue weighted by Crippen LogP contribution is -2.49. The number of fused-ring (bicyclic) bond motifs is 3. The zero-order chi connectivity index (χ0) is 19.8.